The van der Waals surface area contributed by atoms with Gasteiger partial charge in [0.2, 0.25) is 11.8 Å². The van der Waals surface area contributed by atoms with Crippen molar-refractivity contribution in [1.29, 1.82) is 0 Å². The third-order valence-corrected chi connectivity index (χ3v) is 8.15. The van der Waals surface area contributed by atoms with E-state index in [-0.39, 0.29) is 37.4 Å². The quantitative estimate of drug-likeness (QED) is 0.484. The fourth-order valence-corrected chi connectivity index (χ4v) is 6.58. The number of hydrogen-bond acceptors (Lipinski definition) is 5. The molecule has 36 heavy (non-hydrogen) atoms. The van der Waals surface area contributed by atoms with Crippen LogP contribution in [0.4, 0.5) is 5.69 Å². The summed E-state index contributed by atoms with van der Waals surface area (Å²) in [5, 5.41) is 9.92. The highest BCUT2D eigenvalue weighted by Gasteiger charge is 2.78. The second-order valence-electron chi connectivity index (χ2n) is 10.0. The number of benzene rings is 1. The van der Waals surface area contributed by atoms with Crippen molar-refractivity contribution in [3.05, 3.63) is 54.6 Å². The molecule has 194 valence electrons. The summed E-state index contributed by atoms with van der Waals surface area (Å²) in [6, 6.07) is 6.06. The number of likely N-dealkylation sites (N-methyl/N-ethyl adjacent to an activating group) is 1. The first kappa shape index (κ1) is 26.4. The molecule has 9 heteroatoms. The Hall–Kier alpha value is -2.68. The smallest absolute Gasteiger partial charge is 0.253 e. The Balaban J connectivity index is 1.80. The van der Waals surface area contributed by atoms with E-state index < -0.39 is 29.1 Å². The summed E-state index contributed by atoms with van der Waals surface area (Å²) in [4.78, 5) is 46.5. The van der Waals surface area contributed by atoms with Gasteiger partial charge in [-0.15, -0.1) is 13.2 Å². The molecule has 2 unspecified atom stereocenters. The molecule has 3 saturated heterocycles. The molecule has 0 radical (unpaired) electrons. The SMILES string of the molecule is C=CCN(C)C(=O)[C@H]1[C@H]2C(=O)N(CCCO)C(C(=O)N(CC=C)c3ccccc3Cl)C23CC[C@]1(C)O3. The lowest BCUT2D eigenvalue weighted by Gasteiger charge is -2.37. The number of anilines is 1. The zero-order valence-corrected chi connectivity index (χ0v) is 21.6. The Morgan fingerprint density at radius 1 is 1.22 bits per heavy atom. The van der Waals surface area contributed by atoms with Crippen LogP contribution >= 0.6 is 11.6 Å². The third kappa shape index (κ3) is 3.96. The van der Waals surface area contributed by atoms with Gasteiger partial charge in [-0.25, -0.2) is 0 Å². The molecule has 0 aliphatic carbocycles. The maximum Gasteiger partial charge on any atom is 0.253 e. The third-order valence-electron chi connectivity index (χ3n) is 7.83. The maximum atomic E-state index is 14.3. The summed E-state index contributed by atoms with van der Waals surface area (Å²) < 4.78 is 6.64. The highest BCUT2D eigenvalue weighted by atomic mass is 35.5. The first-order valence-electron chi connectivity index (χ1n) is 12.3. The van der Waals surface area contributed by atoms with Gasteiger partial charge in [-0.05, 0) is 38.3 Å². The Kier molecular flexibility index (Phi) is 7.33. The molecule has 1 aromatic rings. The summed E-state index contributed by atoms with van der Waals surface area (Å²) in [6.45, 7) is 9.96. The van der Waals surface area contributed by atoms with E-state index in [0.717, 1.165) is 0 Å². The maximum absolute atomic E-state index is 14.3. The molecule has 1 spiro atoms. The van der Waals surface area contributed by atoms with Crippen molar-refractivity contribution >= 4 is 35.0 Å². The van der Waals surface area contributed by atoms with Gasteiger partial charge in [-0.2, -0.15) is 0 Å². The minimum atomic E-state index is -1.14. The van der Waals surface area contributed by atoms with Crippen molar-refractivity contribution in [3.8, 4) is 0 Å². The summed E-state index contributed by atoms with van der Waals surface area (Å²) >= 11 is 6.46. The monoisotopic (exact) mass is 515 g/mol. The summed E-state index contributed by atoms with van der Waals surface area (Å²) in [5.41, 5.74) is -1.49. The minimum absolute atomic E-state index is 0.133. The number of fused-ring (bicyclic) bond motifs is 1. The van der Waals surface area contributed by atoms with Crippen molar-refractivity contribution in [2.75, 3.05) is 38.2 Å². The standard InChI is InChI=1S/C27H34ClN3O5/c1-5-14-29(4)23(33)20-21-24(34)31(16-9-17-32)22(27(21)13-12-26(20,3)36-27)25(35)30(15-6-2)19-11-8-7-10-18(19)28/h5-8,10-11,20-22,32H,1-2,9,12-17H2,3-4H3/t20-,21+,22?,26+,27?/m1/s1. The summed E-state index contributed by atoms with van der Waals surface area (Å²) in [5.74, 6) is -2.32. The van der Waals surface area contributed by atoms with E-state index in [1.54, 1.807) is 48.4 Å². The number of halogens is 1. The number of aliphatic hydroxyl groups is 1. The van der Waals surface area contributed by atoms with Gasteiger partial charge in [-0.3, -0.25) is 14.4 Å². The number of amides is 3. The minimum Gasteiger partial charge on any atom is -0.396 e. The molecule has 5 atom stereocenters. The molecule has 1 aromatic carbocycles. The van der Waals surface area contributed by atoms with Crippen LogP contribution in [-0.2, 0) is 19.1 Å². The predicted molar refractivity (Wildman–Crippen MR) is 137 cm³/mol. The van der Waals surface area contributed by atoms with Crippen LogP contribution in [-0.4, -0.2) is 83.2 Å². The molecule has 8 nitrogen and oxygen atoms in total. The Morgan fingerprint density at radius 3 is 2.56 bits per heavy atom. The van der Waals surface area contributed by atoms with Crippen LogP contribution in [0, 0.1) is 11.8 Å². The molecule has 3 aliphatic rings. The largest absolute Gasteiger partial charge is 0.396 e. The molecule has 3 heterocycles. The van der Waals surface area contributed by atoms with Crippen LogP contribution in [0.15, 0.2) is 49.6 Å². The van der Waals surface area contributed by atoms with E-state index in [9.17, 15) is 19.5 Å². The van der Waals surface area contributed by atoms with Crippen molar-refractivity contribution in [2.24, 2.45) is 11.8 Å². The van der Waals surface area contributed by atoms with Gasteiger partial charge in [0.25, 0.3) is 5.91 Å². The first-order valence-corrected chi connectivity index (χ1v) is 12.7. The topological polar surface area (TPSA) is 90.4 Å². The predicted octanol–water partition coefficient (Wildman–Crippen LogP) is 2.65. The fourth-order valence-electron chi connectivity index (χ4n) is 6.34. The molecule has 3 amide bonds. The van der Waals surface area contributed by atoms with E-state index in [4.69, 9.17) is 16.3 Å². The molecule has 0 aromatic heterocycles. The first-order chi connectivity index (χ1) is 17.2. The van der Waals surface area contributed by atoms with E-state index in [0.29, 0.717) is 36.5 Å². The van der Waals surface area contributed by atoms with Gasteiger partial charge in [0.1, 0.15) is 11.6 Å². The number of hydrogen-bond donors (Lipinski definition) is 1. The van der Waals surface area contributed by atoms with Gasteiger partial charge < -0.3 is 24.5 Å². The Bertz CT molecular complexity index is 1080. The number of ether oxygens (including phenoxy) is 1. The summed E-state index contributed by atoms with van der Waals surface area (Å²) in [6.07, 6.45) is 4.58. The molecular formula is C27H34ClN3O5. The van der Waals surface area contributed by atoms with Gasteiger partial charge >= 0.3 is 0 Å². The average Bonchev–Trinajstić information content (AvgIpc) is 3.41. The number of rotatable bonds is 10. The zero-order valence-electron chi connectivity index (χ0n) is 20.9. The van der Waals surface area contributed by atoms with Gasteiger partial charge in [0.05, 0.1) is 28.1 Å². The van der Waals surface area contributed by atoms with E-state index in [1.807, 2.05) is 6.92 Å². The molecular weight excluding hydrogens is 482 g/mol. The van der Waals surface area contributed by atoms with E-state index in [1.165, 1.54) is 9.80 Å². The zero-order chi connectivity index (χ0) is 26.3. The van der Waals surface area contributed by atoms with Crippen molar-refractivity contribution in [3.63, 3.8) is 0 Å². The van der Waals surface area contributed by atoms with Gasteiger partial charge in [0, 0.05) is 33.3 Å². The number of nitrogens with zero attached hydrogens (tertiary/aromatic N) is 3. The van der Waals surface area contributed by atoms with Crippen molar-refractivity contribution < 1.29 is 24.2 Å². The molecule has 0 saturated carbocycles. The number of para-hydroxylation sites is 1. The van der Waals surface area contributed by atoms with E-state index in [2.05, 4.69) is 13.2 Å². The van der Waals surface area contributed by atoms with Crippen molar-refractivity contribution in [2.45, 2.75) is 43.4 Å². The highest BCUT2D eigenvalue weighted by Crippen LogP contribution is 2.63. The van der Waals surface area contributed by atoms with Crippen LogP contribution in [0.3, 0.4) is 0 Å². The van der Waals surface area contributed by atoms with Gasteiger partial charge in [-0.1, -0.05) is 35.9 Å². The summed E-state index contributed by atoms with van der Waals surface area (Å²) in [7, 11) is 1.68. The second-order valence-corrected chi connectivity index (χ2v) is 10.4. The number of carbonyl (C=O) groups is 3. The molecule has 1 N–H and O–H groups in total. The molecule has 3 aliphatic heterocycles. The lowest BCUT2D eigenvalue weighted by Crippen LogP contribution is -2.56. The highest BCUT2D eigenvalue weighted by molar-refractivity contribution is 6.34. The Morgan fingerprint density at radius 2 is 1.92 bits per heavy atom. The Labute approximate surface area is 217 Å². The molecule has 2 bridgehead atoms. The van der Waals surface area contributed by atoms with Crippen LogP contribution in [0.25, 0.3) is 0 Å². The number of likely N-dealkylation sites (tertiary alicyclic amines) is 1. The van der Waals surface area contributed by atoms with Crippen LogP contribution in [0.1, 0.15) is 26.2 Å². The van der Waals surface area contributed by atoms with Crippen LogP contribution < -0.4 is 4.90 Å². The lowest BCUT2D eigenvalue weighted by molar-refractivity contribution is -0.149. The van der Waals surface area contributed by atoms with Gasteiger partial charge in [0.15, 0.2) is 0 Å². The number of carbonyl (C=O) groups excluding carboxylic acids is 3. The second kappa shape index (κ2) is 10.00. The van der Waals surface area contributed by atoms with Crippen LogP contribution in [0.5, 0.6) is 0 Å². The molecule has 3 fully saturated rings. The lowest BCUT2D eigenvalue weighted by atomic mass is 9.66. The van der Waals surface area contributed by atoms with Crippen LogP contribution in [0.2, 0.25) is 5.02 Å². The van der Waals surface area contributed by atoms with E-state index >= 15 is 0 Å². The van der Waals surface area contributed by atoms with Crippen molar-refractivity contribution in [1.82, 2.24) is 9.80 Å². The average molecular weight is 516 g/mol. The molecule has 4 rings (SSSR count). The fraction of sp³-hybridized carbons (Fsp3) is 0.519. The normalized spacial score (nSPS) is 30.3. The number of aliphatic hydroxyl groups excluding tert-OH is 1.